The van der Waals surface area contributed by atoms with Gasteiger partial charge in [0.25, 0.3) is 0 Å². The summed E-state index contributed by atoms with van der Waals surface area (Å²) in [4.78, 5) is 21.8. The molecule has 1 heterocycles. The van der Waals surface area contributed by atoms with Crippen molar-refractivity contribution < 1.29 is 19.4 Å². The lowest BCUT2D eigenvalue weighted by atomic mass is 9.94. The van der Waals surface area contributed by atoms with Crippen LogP contribution in [0.25, 0.3) is 0 Å². The van der Waals surface area contributed by atoms with E-state index >= 15 is 0 Å². The number of benzene rings is 1. The topological polar surface area (TPSA) is 102 Å². The first kappa shape index (κ1) is 12.4. The van der Waals surface area contributed by atoms with Crippen LogP contribution in [0.3, 0.4) is 0 Å². The Morgan fingerprint density at radius 1 is 1.61 bits per heavy atom. The zero-order valence-electron chi connectivity index (χ0n) is 9.90. The second kappa shape index (κ2) is 4.66. The Labute approximate surface area is 104 Å². The molecule has 0 radical (unpaired) electrons. The van der Waals surface area contributed by atoms with Crippen molar-refractivity contribution in [1.29, 1.82) is 0 Å². The van der Waals surface area contributed by atoms with Gasteiger partial charge in [0.15, 0.2) is 0 Å². The van der Waals surface area contributed by atoms with Crippen molar-refractivity contribution in [2.45, 2.75) is 19.6 Å². The van der Waals surface area contributed by atoms with Crippen LogP contribution in [-0.4, -0.2) is 23.7 Å². The van der Waals surface area contributed by atoms with Crippen molar-refractivity contribution in [3.63, 3.8) is 0 Å². The van der Waals surface area contributed by atoms with Gasteiger partial charge in [-0.3, -0.25) is 0 Å². The zero-order chi connectivity index (χ0) is 13.3. The molecular formula is C12H14N2O4. The molecule has 1 aliphatic heterocycles. The number of rotatable bonds is 3. The van der Waals surface area contributed by atoms with E-state index in [2.05, 4.69) is 5.32 Å². The molecule has 4 N–H and O–H groups in total. The highest BCUT2D eigenvalue weighted by atomic mass is 16.5. The van der Waals surface area contributed by atoms with Crippen LogP contribution < -0.4 is 11.1 Å². The first-order valence-corrected chi connectivity index (χ1v) is 5.52. The summed E-state index contributed by atoms with van der Waals surface area (Å²) >= 11 is 0. The number of nitrogens with one attached hydrogen (secondary N) is 1. The molecule has 18 heavy (non-hydrogen) atoms. The summed E-state index contributed by atoms with van der Waals surface area (Å²) in [6.07, 6.45) is -1.11. The van der Waals surface area contributed by atoms with E-state index in [0.717, 1.165) is 16.7 Å². The molecule has 1 aliphatic rings. The molecule has 96 valence electrons. The highest BCUT2D eigenvalue weighted by Gasteiger charge is 2.25. The van der Waals surface area contributed by atoms with Gasteiger partial charge in [-0.1, -0.05) is 6.07 Å². The highest BCUT2D eigenvalue weighted by Crippen LogP contribution is 2.28. The lowest BCUT2D eigenvalue weighted by molar-refractivity contribution is 0.0535. The standard InChI is InChI=1S/C12H14N2O4/c1-6-7(10(13)4-14-12(16)17)2-3-8-9(6)5-18-11(8)15/h2-3,10,14H,4-5,13H2,1H3,(H,16,17). The normalized spacial score (nSPS) is 14.9. The lowest BCUT2D eigenvalue weighted by Gasteiger charge is -2.16. The summed E-state index contributed by atoms with van der Waals surface area (Å²) in [5.41, 5.74) is 9.03. The van der Waals surface area contributed by atoms with Crippen LogP contribution >= 0.6 is 0 Å². The van der Waals surface area contributed by atoms with Crippen LogP contribution in [0.1, 0.15) is 33.1 Å². The Morgan fingerprint density at radius 3 is 3.00 bits per heavy atom. The maximum absolute atomic E-state index is 11.4. The average Bonchev–Trinajstić information content (AvgIpc) is 2.69. The molecule has 1 amide bonds. The number of esters is 1. The van der Waals surface area contributed by atoms with Gasteiger partial charge in [-0.25, -0.2) is 9.59 Å². The fraction of sp³-hybridized carbons (Fsp3) is 0.333. The van der Waals surface area contributed by atoms with Crippen molar-refractivity contribution in [1.82, 2.24) is 5.32 Å². The summed E-state index contributed by atoms with van der Waals surface area (Å²) in [6.45, 7) is 2.24. The first-order chi connectivity index (χ1) is 8.50. The van der Waals surface area contributed by atoms with Crippen molar-refractivity contribution in [3.05, 3.63) is 34.4 Å². The fourth-order valence-corrected chi connectivity index (χ4v) is 2.08. The Balaban J connectivity index is 2.25. The molecule has 0 fully saturated rings. The molecule has 0 aromatic heterocycles. The van der Waals surface area contributed by atoms with E-state index in [9.17, 15) is 9.59 Å². The van der Waals surface area contributed by atoms with Gasteiger partial charge in [0.1, 0.15) is 6.61 Å². The lowest BCUT2D eigenvalue weighted by Crippen LogP contribution is -2.31. The third-order valence-corrected chi connectivity index (χ3v) is 3.08. The van der Waals surface area contributed by atoms with Crippen molar-refractivity contribution in [3.8, 4) is 0 Å². The SMILES string of the molecule is Cc1c(C(N)CNC(=O)O)ccc2c1COC2=O. The quantitative estimate of drug-likeness (QED) is 0.693. The number of ether oxygens (including phenoxy) is 1. The predicted molar refractivity (Wildman–Crippen MR) is 63.3 cm³/mol. The Kier molecular flexibility index (Phi) is 3.20. The van der Waals surface area contributed by atoms with Gasteiger partial charge < -0.3 is 20.9 Å². The highest BCUT2D eigenvalue weighted by molar-refractivity contribution is 5.93. The number of carbonyl (C=O) groups excluding carboxylic acids is 1. The van der Waals surface area contributed by atoms with Gasteiger partial charge >= 0.3 is 12.1 Å². The molecule has 0 spiro atoms. The van der Waals surface area contributed by atoms with Crippen LogP contribution in [-0.2, 0) is 11.3 Å². The summed E-state index contributed by atoms with van der Waals surface area (Å²) in [5.74, 6) is -0.322. The van der Waals surface area contributed by atoms with E-state index in [1.807, 2.05) is 6.92 Å². The van der Waals surface area contributed by atoms with Gasteiger partial charge in [-0.2, -0.15) is 0 Å². The molecular weight excluding hydrogens is 236 g/mol. The molecule has 2 rings (SSSR count). The minimum atomic E-state index is -1.11. The molecule has 6 nitrogen and oxygen atoms in total. The Bertz CT molecular complexity index is 513. The van der Waals surface area contributed by atoms with Gasteiger partial charge in [0.2, 0.25) is 0 Å². The number of hydrogen-bond acceptors (Lipinski definition) is 4. The number of amides is 1. The van der Waals surface area contributed by atoms with E-state index in [1.165, 1.54) is 0 Å². The average molecular weight is 250 g/mol. The van der Waals surface area contributed by atoms with Crippen molar-refractivity contribution in [2.75, 3.05) is 6.54 Å². The predicted octanol–water partition coefficient (Wildman–Crippen LogP) is 0.933. The largest absolute Gasteiger partial charge is 0.465 e. The van der Waals surface area contributed by atoms with Crippen LogP contribution in [0.2, 0.25) is 0 Å². The Hall–Kier alpha value is -2.08. The number of hydrogen-bond donors (Lipinski definition) is 3. The summed E-state index contributed by atoms with van der Waals surface area (Å²) < 4.78 is 4.95. The van der Waals surface area contributed by atoms with Gasteiger partial charge in [-0.15, -0.1) is 0 Å². The molecule has 1 aromatic rings. The molecule has 6 heteroatoms. The Morgan fingerprint density at radius 2 is 2.33 bits per heavy atom. The molecule has 0 bridgehead atoms. The first-order valence-electron chi connectivity index (χ1n) is 5.52. The number of nitrogens with two attached hydrogens (primary N) is 1. The molecule has 1 unspecified atom stereocenters. The molecule has 0 aliphatic carbocycles. The summed E-state index contributed by atoms with van der Waals surface area (Å²) in [7, 11) is 0. The molecule has 0 saturated carbocycles. The molecule has 1 aromatic carbocycles. The van der Waals surface area contributed by atoms with E-state index in [1.54, 1.807) is 12.1 Å². The van der Waals surface area contributed by atoms with Gasteiger partial charge in [0, 0.05) is 18.2 Å². The molecule has 0 saturated heterocycles. The van der Waals surface area contributed by atoms with Crippen LogP contribution in [0, 0.1) is 6.92 Å². The van der Waals surface area contributed by atoms with Crippen molar-refractivity contribution in [2.24, 2.45) is 5.73 Å². The fourth-order valence-electron chi connectivity index (χ4n) is 2.08. The number of cyclic esters (lactones) is 1. The number of carboxylic acid groups (broad SMARTS) is 1. The summed E-state index contributed by atoms with van der Waals surface area (Å²) in [5, 5.41) is 10.8. The van der Waals surface area contributed by atoms with E-state index in [-0.39, 0.29) is 19.1 Å². The van der Waals surface area contributed by atoms with E-state index < -0.39 is 12.1 Å². The molecule has 1 atom stereocenters. The van der Waals surface area contributed by atoms with Crippen LogP contribution in [0.4, 0.5) is 4.79 Å². The zero-order valence-corrected chi connectivity index (χ0v) is 9.90. The van der Waals surface area contributed by atoms with Crippen LogP contribution in [0.15, 0.2) is 12.1 Å². The van der Waals surface area contributed by atoms with E-state index in [4.69, 9.17) is 15.6 Å². The third kappa shape index (κ3) is 2.14. The van der Waals surface area contributed by atoms with E-state index in [0.29, 0.717) is 5.56 Å². The maximum atomic E-state index is 11.4. The summed E-state index contributed by atoms with van der Waals surface area (Å²) in [6, 6.07) is 2.98. The number of carbonyl (C=O) groups is 2. The van der Waals surface area contributed by atoms with Crippen LogP contribution in [0.5, 0.6) is 0 Å². The van der Waals surface area contributed by atoms with Crippen molar-refractivity contribution >= 4 is 12.1 Å². The maximum Gasteiger partial charge on any atom is 0.404 e. The van der Waals surface area contributed by atoms with Gasteiger partial charge in [-0.05, 0) is 24.1 Å². The third-order valence-electron chi connectivity index (χ3n) is 3.08. The second-order valence-corrected chi connectivity index (χ2v) is 4.17. The minimum absolute atomic E-state index is 0.129. The monoisotopic (exact) mass is 250 g/mol. The number of fused-ring (bicyclic) bond motifs is 1. The second-order valence-electron chi connectivity index (χ2n) is 4.17. The minimum Gasteiger partial charge on any atom is -0.465 e. The van der Waals surface area contributed by atoms with Gasteiger partial charge in [0.05, 0.1) is 5.56 Å². The smallest absolute Gasteiger partial charge is 0.404 e.